The summed E-state index contributed by atoms with van der Waals surface area (Å²) in [6, 6.07) is 10.3. The van der Waals surface area contributed by atoms with Gasteiger partial charge in [0.1, 0.15) is 11.0 Å². The maximum absolute atomic E-state index is 13.0. The molecule has 2 saturated heterocycles. The van der Waals surface area contributed by atoms with E-state index in [1.54, 1.807) is 4.90 Å². The number of amides is 1. The SMILES string of the molecule is C[C@@H]1CN(c2ncc(S(C)(=O)=O)cn2)[C@@H](C)CN1C(=O)OC1CCN(Cc2ccccc2)CC1. The number of anilines is 1. The van der Waals surface area contributed by atoms with Gasteiger partial charge >= 0.3 is 6.09 Å². The van der Waals surface area contributed by atoms with Crippen LogP contribution in [-0.4, -0.2) is 84.9 Å². The van der Waals surface area contributed by atoms with E-state index in [0.29, 0.717) is 19.0 Å². The number of hydrogen-bond donors (Lipinski definition) is 0. The summed E-state index contributed by atoms with van der Waals surface area (Å²) in [5, 5.41) is 0. The Morgan fingerprint density at radius 3 is 2.29 bits per heavy atom. The Balaban J connectivity index is 1.29. The third kappa shape index (κ3) is 5.85. The average Bonchev–Trinajstić information content (AvgIpc) is 2.82. The number of benzene rings is 1. The summed E-state index contributed by atoms with van der Waals surface area (Å²) in [5.41, 5.74) is 1.30. The Morgan fingerprint density at radius 1 is 1.03 bits per heavy atom. The molecule has 2 aliphatic rings. The normalized spacial score (nSPS) is 22.6. The van der Waals surface area contributed by atoms with Gasteiger partial charge in [-0.1, -0.05) is 30.3 Å². The zero-order chi connectivity index (χ0) is 24.3. The molecule has 0 bridgehead atoms. The van der Waals surface area contributed by atoms with Gasteiger partial charge in [0.15, 0.2) is 9.84 Å². The van der Waals surface area contributed by atoms with E-state index in [-0.39, 0.29) is 29.2 Å². The van der Waals surface area contributed by atoms with Crippen molar-refractivity contribution in [3.8, 4) is 0 Å². The Morgan fingerprint density at radius 2 is 1.68 bits per heavy atom. The average molecular weight is 488 g/mol. The van der Waals surface area contributed by atoms with Crippen LogP contribution < -0.4 is 4.90 Å². The van der Waals surface area contributed by atoms with Gasteiger partial charge < -0.3 is 14.5 Å². The predicted molar refractivity (Wildman–Crippen MR) is 129 cm³/mol. The van der Waals surface area contributed by atoms with E-state index in [1.807, 2.05) is 24.8 Å². The van der Waals surface area contributed by atoms with Crippen LogP contribution in [-0.2, 0) is 21.1 Å². The van der Waals surface area contributed by atoms with Crippen molar-refractivity contribution in [2.45, 2.75) is 56.3 Å². The number of piperidine rings is 1. The van der Waals surface area contributed by atoms with Crippen molar-refractivity contribution in [3.63, 3.8) is 0 Å². The van der Waals surface area contributed by atoms with Gasteiger partial charge in [0.05, 0.1) is 12.4 Å². The predicted octanol–water partition coefficient (Wildman–Crippen LogP) is 2.58. The highest BCUT2D eigenvalue weighted by molar-refractivity contribution is 7.90. The first kappa shape index (κ1) is 24.4. The second-order valence-electron chi connectivity index (χ2n) is 9.34. The van der Waals surface area contributed by atoms with E-state index < -0.39 is 9.84 Å². The summed E-state index contributed by atoms with van der Waals surface area (Å²) in [7, 11) is -3.34. The Hall–Kier alpha value is -2.72. The molecular weight excluding hydrogens is 454 g/mol. The van der Waals surface area contributed by atoms with E-state index >= 15 is 0 Å². The number of nitrogens with zero attached hydrogens (tertiary/aromatic N) is 5. The van der Waals surface area contributed by atoms with Crippen LogP contribution in [0.5, 0.6) is 0 Å². The fraction of sp³-hybridized carbons (Fsp3) is 0.542. The molecule has 0 saturated carbocycles. The summed E-state index contributed by atoms with van der Waals surface area (Å²) in [5.74, 6) is 0.463. The van der Waals surface area contributed by atoms with Crippen LogP contribution >= 0.6 is 0 Å². The van der Waals surface area contributed by atoms with Crippen LogP contribution in [0, 0.1) is 0 Å². The standard InChI is InChI=1S/C24H33N5O4S/c1-18-16-29(19(2)15-28(18)23-25-13-22(14-26-23)34(3,31)32)24(30)33-21-9-11-27(12-10-21)17-20-7-5-4-6-8-20/h4-8,13-14,18-19,21H,9-12,15-17H2,1-3H3/t18-,19+/m0/s1. The maximum Gasteiger partial charge on any atom is 0.410 e. The van der Waals surface area contributed by atoms with Crippen molar-refractivity contribution in [2.75, 3.05) is 37.3 Å². The number of sulfone groups is 1. The summed E-state index contributed by atoms with van der Waals surface area (Å²) < 4.78 is 29.2. The minimum Gasteiger partial charge on any atom is -0.446 e. The number of rotatable bonds is 5. The molecule has 1 amide bonds. The molecule has 0 N–H and O–H groups in total. The summed E-state index contributed by atoms with van der Waals surface area (Å²) in [6.07, 6.45) is 5.14. The fourth-order valence-corrected chi connectivity index (χ4v) is 5.03. The molecule has 184 valence electrons. The number of carbonyl (C=O) groups excluding carboxylic acids is 1. The van der Waals surface area contributed by atoms with E-state index in [1.165, 1.54) is 18.0 Å². The van der Waals surface area contributed by atoms with Gasteiger partial charge in [0, 0.05) is 51.1 Å². The van der Waals surface area contributed by atoms with Gasteiger partial charge in [0.2, 0.25) is 5.95 Å². The van der Waals surface area contributed by atoms with E-state index in [4.69, 9.17) is 4.74 Å². The van der Waals surface area contributed by atoms with E-state index in [9.17, 15) is 13.2 Å². The molecule has 2 fully saturated rings. The number of aromatic nitrogens is 2. The zero-order valence-corrected chi connectivity index (χ0v) is 20.8. The third-order valence-corrected chi connectivity index (χ3v) is 7.64. The second-order valence-corrected chi connectivity index (χ2v) is 11.4. The highest BCUT2D eigenvalue weighted by Gasteiger charge is 2.35. The Kier molecular flexibility index (Phi) is 7.37. The Labute approximate surface area is 201 Å². The summed E-state index contributed by atoms with van der Waals surface area (Å²) in [6.45, 7) is 7.76. The molecule has 1 aromatic carbocycles. The highest BCUT2D eigenvalue weighted by Crippen LogP contribution is 2.23. The number of ether oxygens (including phenoxy) is 1. The number of piperazine rings is 1. The van der Waals surface area contributed by atoms with Crippen molar-refractivity contribution in [1.29, 1.82) is 0 Å². The molecule has 0 spiro atoms. The minimum atomic E-state index is -3.34. The van der Waals surface area contributed by atoms with Crippen LogP contribution in [0.1, 0.15) is 32.3 Å². The molecule has 34 heavy (non-hydrogen) atoms. The van der Waals surface area contributed by atoms with E-state index in [2.05, 4.69) is 39.1 Å². The zero-order valence-electron chi connectivity index (χ0n) is 20.0. The molecular formula is C24H33N5O4S. The van der Waals surface area contributed by atoms with Crippen molar-refractivity contribution >= 4 is 21.9 Å². The smallest absolute Gasteiger partial charge is 0.410 e. The largest absolute Gasteiger partial charge is 0.446 e. The molecule has 3 heterocycles. The van der Waals surface area contributed by atoms with Crippen molar-refractivity contribution in [3.05, 3.63) is 48.3 Å². The van der Waals surface area contributed by atoms with E-state index in [0.717, 1.165) is 38.7 Å². The van der Waals surface area contributed by atoms with Gasteiger partial charge in [0.25, 0.3) is 0 Å². The summed E-state index contributed by atoms with van der Waals surface area (Å²) in [4.78, 5) is 27.7. The number of carbonyl (C=O) groups is 1. The molecule has 2 atom stereocenters. The van der Waals surface area contributed by atoms with Gasteiger partial charge in [-0.3, -0.25) is 4.90 Å². The molecule has 9 nitrogen and oxygen atoms in total. The van der Waals surface area contributed by atoms with Crippen LogP contribution in [0.15, 0.2) is 47.6 Å². The van der Waals surface area contributed by atoms with Crippen LogP contribution in [0.2, 0.25) is 0 Å². The molecule has 1 aromatic heterocycles. The first-order valence-corrected chi connectivity index (χ1v) is 13.6. The number of hydrogen-bond acceptors (Lipinski definition) is 8. The van der Waals surface area contributed by atoms with Crippen molar-refractivity contribution in [1.82, 2.24) is 19.8 Å². The molecule has 4 rings (SSSR count). The quantitative estimate of drug-likeness (QED) is 0.635. The minimum absolute atomic E-state index is 0.0273. The maximum atomic E-state index is 13.0. The number of likely N-dealkylation sites (tertiary alicyclic amines) is 1. The molecule has 10 heteroatoms. The lowest BCUT2D eigenvalue weighted by Gasteiger charge is -2.44. The molecule has 0 radical (unpaired) electrons. The lowest BCUT2D eigenvalue weighted by Crippen LogP contribution is -2.59. The van der Waals surface area contributed by atoms with Gasteiger partial charge in [-0.2, -0.15) is 0 Å². The fourth-order valence-electron chi connectivity index (χ4n) is 4.55. The summed E-state index contributed by atoms with van der Waals surface area (Å²) >= 11 is 0. The first-order valence-electron chi connectivity index (χ1n) is 11.7. The molecule has 0 unspecified atom stereocenters. The van der Waals surface area contributed by atoms with Crippen molar-refractivity contribution < 1.29 is 17.9 Å². The monoisotopic (exact) mass is 487 g/mol. The van der Waals surface area contributed by atoms with Crippen LogP contribution in [0.25, 0.3) is 0 Å². The lowest BCUT2D eigenvalue weighted by molar-refractivity contribution is 0.0165. The van der Waals surface area contributed by atoms with Gasteiger partial charge in [-0.25, -0.2) is 23.2 Å². The molecule has 0 aliphatic carbocycles. The van der Waals surface area contributed by atoms with Gasteiger partial charge in [-0.15, -0.1) is 0 Å². The molecule has 2 aromatic rings. The lowest BCUT2D eigenvalue weighted by atomic mass is 10.1. The van der Waals surface area contributed by atoms with Crippen LogP contribution in [0.4, 0.5) is 10.7 Å². The second kappa shape index (κ2) is 10.3. The topological polar surface area (TPSA) is 95.9 Å². The third-order valence-electron chi connectivity index (χ3n) is 6.57. The first-order chi connectivity index (χ1) is 16.2. The van der Waals surface area contributed by atoms with Crippen molar-refractivity contribution in [2.24, 2.45) is 0 Å². The van der Waals surface area contributed by atoms with Crippen LogP contribution in [0.3, 0.4) is 0 Å². The Bertz CT molecular complexity index is 1070. The molecule has 2 aliphatic heterocycles. The highest BCUT2D eigenvalue weighted by atomic mass is 32.2. The van der Waals surface area contributed by atoms with Gasteiger partial charge in [-0.05, 0) is 32.3 Å².